The largest absolute Gasteiger partial charge is 0.385 e. The standard InChI is InChI=1S/C13H17N3S/c14-12-5-3-6-13-15-10(9-16(12)13)8-11-4-1-2-7-17-11/h3,5-6,9,11H,1-2,4,7-8,14H2. The van der Waals surface area contributed by atoms with Gasteiger partial charge in [-0.1, -0.05) is 12.5 Å². The van der Waals surface area contributed by atoms with Crippen LogP contribution < -0.4 is 5.73 Å². The van der Waals surface area contributed by atoms with Crippen molar-refractivity contribution in [3.05, 3.63) is 30.1 Å². The van der Waals surface area contributed by atoms with Gasteiger partial charge in [0.25, 0.3) is 0 Å². The van der Waals surface area contributed by atoms with Gasteiger partial charge < -0.3 is 5.73 Å². The molecule has 4 heteroatoms. The maximum atomic E-state index is 5.92. The molecule has 1 saturated heterocycles. The van der Waals surface area contributed by atoms with E-state index in [2.05, 4.69) is 22.9 Å². The fourth-order valence-corrected chi connectivity index (χ4v) is 3.71. The van der Waals surface area contributed by atoms with Crippen LogP contribution >= 0.6 is 11.8 Å². The van der Waals surface area contributed by atoms with Crippen molar-refractivity contribution in [3.63, 3.8) is 0 Å². The highest BCUT2D eigenvalue weighted by atomic mass is 32.2. The van der Waals surface area contributed by atoms with Crippen LogP contribution in [-0.4, -0.2) is 20.4 Å². The van der Waals surface area contributed by atoms with E-state index >= 15 is 0 Å². The van der Waals surface area contributed by atoms with Gasteiger partial charge in [-0.05, 0) is 30.7 Å². The molecule has 2 N–H and O–H groups in total. The van der Waals surface area contributed by atoms with Gasteiger partial charge in [0.1, 0.15) is 11.5 Å². The third-order valence-corrected chi connectivity index (χ3v) is 4.68. The van der Waals surface area contributed by atoms with Crippen LogP contribution in [0.3, 0.4) is 0 Å². The van der Waals surface area contributed by atoms with Crippen LogP contribution in [0.25, 0.3) is 5.65 Å². The van der Waals surface area contributed by atoms with Crippen molar-refractivity contribution in [2.45, 2.75) is 30.9 Å². The normalized spacial score (nSPS) is 20.8. The Morgan fingerprint density at radius 2 is 2.35 bits per heavy atom. The molecule has 1 unspecified atom stereocenters. The van der Waals surface area contributed by atoms with Crippen molar-refractivity contribution < 1.29 is 0 Å². The molecule has 3 rings (SSSR count). The molecular weight excluding hydrogens is 230 g/mol. The minimum Gasteiger partial charge on any atom is -0.385 e. The zero-order valence-electron chi connectivity index (χ0n) is 9.80. The predicted octanol–water partition coefficient (Wildman–Crippen LogP) is 2.74. The van der Waals surface area contributed by atoms with Gasteiger partial charge >= 0.3 is 0 Å². The lowest BCUT2D eigenvalue weighted by molar-refractivity contribution is 0.656. The van der Waals surface area contributed by atoms with Crippen molar-refractivity contribution >= 4 is 23.2 Å². The summed E-state index contributed by atoms with van der Waals surface area (Å²) in [5.41, 5.74) is 8.05. The van der Waals surface area contributed by atoms with Crippen LogP contribution in [0, 0.1) is 0 Å². The highest BCUT2D eigenvalue weighted by Crippen LogP contribution is 2.27. The Hall–Kier alpha value is -1.16. The van der Waals surface area contributed by atoms with Gasteiger partial charge in [0.05, 0.1) is 5.69 Å². The number of nitrogens with zero attached hydrogens (tertiary/aromatic N) is 2. The van der Waals surface area contributed by atoms with E-state index in [1.54, 1.807) is 0 Å². The van der Waals surface area contributed by atoms with E-state index in [4.69, 9.17) is 5.73 Å². The molecule has 2 aromatic heterocycles. The number of pyridine rings is 1. The van der Waals surface area contributed by atoms with Crippen LogP contribution in [-0.2, 0) is 6.42 Å². The van der Waals surface area contributed by atoms with E-state index in [9.17, 15) is 0 Å². The monoisotopic (exact) mass is 247 g/mol. The molecule has 1 atom stereocenters. The molecule has 1 fully saturated rings. The quantitative estimate of drug-likeness (QED) is 0.887. The second-order valence-corrected chi connectivity index (χ2v) is 6.01. The van der Waals surface area contributed by atoms with Crippen LogP contribution in [0.15, 0.2) is 24.4 Å². The van der Waals surface area contributed by atoms with Gasteiger partial charge in [-0.3, -0.25) is 4.40 Å². The van der Waals surface area contributed by atoms with Crippen molar-refractivity contribution in [3.8, 4) is 0 Å². The summed E-state index contributed by atoms with van der Waals surface area (Å²) in [7, 11) is 0. The van der Waals surface area contributed by atoms with Gasteiger partial charge in [-0.25, -0.2) is 4.98 Å². The van der Waals surface area contributed by atoms with E-state index < -0.39 is 0 Å². The zero-order chi connectivity index (χ0) is 11.7. The van der Waals surface area contributed by atoms with Crippen molar-refractivity contribution in [1.82, 2.24) is 9.38 Å². The zero-order valence-corrected chi connectivity index (χ0v) is 10.6. The molecule has 0 aliphatic carbocycles. The number of aromatic nitrogens is 2. The fraction of sp³-hybridized carbons (Fsp3) is 0.462. The molecule has 0 spiro atoms. The summed E-state index contributed by atoms with van der Waals surface area (Å²) in [6.45, 7) is 0. The molecule has 1 aliphatic heterocycles. The molecule has 3 heterocycles. The number of rotatable bonds is 2. The summed E-state index contributed by atoms with van der Waals surface area (Å²) >= 11 is 2.09. The maximum Gasteiger partial charge on any atom is 0.138 e. The van der Waals surface area contributed by atoms with E-state index in [0.717, 1.165) is 23.1 Å². The SMILES string of the molecule is Nc1cccc2nc(CC3CCCCS3)cn12. The number of nitrogens with two attached hydrogens (primary N) is 1. The summed E-state index contributed by atoms with van der Waals surface area (Å²) in [6.07, 6.45) is 7.23. The molecule has 17 heavy (non-hydrogen) atoms. The Bertz CT molecular complexity index is 514. The topological polar surface area (TPSA) is 43.3 Å². The number of hydrogen-bond donors (Lipinski definition) is 1. The first-order valence-electron chi connectivity index (χ1n) is 6.17. The Balaban J connectivity index is 1.83. The highest BCUT2D eigenvalue weighted by molar-refractivity contribution is 7.99. The minimum atomic E-state index is 0.745. The Labute approximate surface area is 105 Å². The fourth-order valence-electron chi connectivity index (χ4n) is 2.38. The summed E-state index contributed by atoms with van der Waals surface area (Å²) in [4.78, 5) is 4.64. The second-order valence-electron chi connectivity index (χ2n) is 4.60. The predicted molar refractivity (Wildman–Crippen MR) is 73.4 cm³/mol. The molecule has 1 aliphatic rings. The van der Waals surface area contributed by atoms with Gasteiger partial charge in [-0.2, -0.15) is 11.8 Å². The molecule has 3 nitrogen and oxygen atoms in total. The third-order valence-electron chi connectivity index (χ3n) is 3.28. The van der Waals surface area contributed by atoms with E-state index in [0.29, 0.717) is 0 Å². The van der Waals surface area contributed by atoms with E-state index in [-0.39, 0.29) is 0 Å². The maximum absolute atomic E-state index is 5.92. The van der Waals surface area contributed by atoms with Crippen molar-refractivity contribution in [2.24, 2.45) is 0 Å². The second kappa shape index (κ2) is 4.61. The molecule has 0 saturated carbocycles. The first-order chi connectivity index (χ1) is 8.33. The highest BCUT2D eigenvalue weighted by Gasteiger charge is 2.16. The first kappa shape index (κ1) is 11.0. The number of nitrogen functional groups attached to an aromatic ring is 1. The smallest absolute Gasteiger partial charge is 0.138 e. The third kappa shape index (κ3) is 2.27. The van der Waals surface area contributed by atoms with Crippen LogP contribution in [0.5, 0.6) is 0 Å². The van der Waals surface area contributed by atoms with Gasteiger partial charge in [0, 0.05) is 17.9 Å². The molecule has 0 radical (unpaired) electrons. The lowest BCUT2D eigenvalue weighted by Crippen LogP contribution is -2.12. The number of thioether (sulfide) groups is 1. The number of imidazole rings is 1. The van der Waals surface area contributed by atoms with E-state index in [1.165, 1.54) is 30.7 Å². The molecule has 2 aromatic rings. The Morgan fingerprint density at radius 3 is 3.12 bits per heavy atom. The summed E-state index contributed by atoms with van der Waals surface area (Å²) in [6, 6.07) is 5.87. The summed E-state index contributed by atoms with van der Waals surface area (Å²) in [5.74, 6) is 2.07. The van der Waals surface area contributed by atoms with Crippen LogP contribution in [0.2, 0.25) is 0 Å². The van der Waals surface area contributed by atoms with Crippen LogP contribution in [0.1, 0.15) is 25.0 Å². The summed E-state index contributed by atoms with van der Waals surface area (Å²) < 4.78 is 1.98. The van der Waals surface area contributed by atoms with Crippen molar-refractivity contribution in [1.29, 1.82) is 0 Å². The summed E-state index contributed by atoms with van der Waals surface area (Å²) in [5, 5.41) is 0.745. The molecular formula is C13H17N3S. The minimum absolute atomic E-state index is 0.745. The lowest BCUT2D eigenvalue weighted by Gasteiger charge is -2.19. The number of fused-ring (bicyclic) bond motifs is 1. The Kier molecular flexibility index (Phi) is 2.97. The average molecular weight is 247 g/mol. The number of anilines is 1. The van der Waals surface area contributed by atoms with Gasteiger partial charge in [0.2, 0.25) is 0 Å². The van der Waals surface area contributed by atoms with Crippen LogP contribution in [0.4, 0.5) is 5.82 Å². The lowest BCUT2D eigenvalue weighted by atomic mass is 10.1. The number of hydrogen-bond acceptors (Lipinski definition) is 3. The van der Waals surface area contributed by atoms with Gasteiger partial charge in [0.15, 0.2) is 0 Å². The van der Waals surface area contributed by atoms with E-state index in [1.807, 2.05) is 22.6 Å². The average Bonchev–Trinajstić information content (AvgIpc) is 2.74. The molecule has 0 aromatic carbocycles. The first-order valence-corrected chi connectivity index (χ1v) is 7.22. The molecule has 90 valence electrons. The Morgan fingerprint density at radius 1 is 1.41 bits per heavy atom. The van der Waals surface area contributed by atoms with Crippen molar-refractivity contribution in [2.75, 3.05) is 11.5 Å². The molecule has 0 bridgehead atoms. The molecule has 0 amide bonds. The van der Waals surface area contributed by atoms with Gasteiger partial charge in [-0.15, -0.1) is 0 Å².